The number of carbonyl (C=O) groups is 2. The summed E-state index contributed by atoms with van der Waals surface area (Å²) in [5.41, 5.74) is 0.762. The summed E-state index contributed by atoms with van der Waals surface area (Å²) in [4.78, 5) is 21.9. The predicted molar refractivity (Wildman–Crippen MR) is 75.6 cm³/mol. The molecule has 0 radical (unpaired) electrons. The number of halogens is 1. The molecule has 1 amide bonds. The molecular weight excluding hydrogens is 342 g/mol. The molecule has 110 valence electrons. The van der Waals surface area contributed by atoms with Crippen molar-refractivity contribution in [3.05, 3.63) is 34.6 Å². The molecule has 0 saturated heterocycles. The largest absolute Gasteiger partial charge is 0.481 e. The molecule has 2 rings (SSSR count). The van der Waals surface area contributed by atoms with E-state index in [-0.39, 0.29) is 25.3 Å². The van der Waals surface area contributed by atoms with Crippen molar-refractivity contribution >= 4 is 27.8 Å². The van der Waals surface area contributed by atoms with E-state index in [1.54, 1.807) is 0 Å². The molecular formula is C12H12BrN5O3. The van der Waals surface area contributed by atoms with E-state index in [2.05, 4.69) is 36.8 Å². The second-order valence-corrected chi connectivity index (χ2v) is 5.07. The fourth-order valence-corrected chi connectivity index (χ4v) is 1.85. The normalized spacial score (nSPS) is 10.3. The lowest BCUT2D eigenvalue weighted by atomic mass is 10.3. The van der Waals surface area contributed by atoms with E-state index in [9.17, 15) is 9.59 Å². The molecule has 0 aliphatic heterocycles. The third kappa shape index (κ3) is 4.35. The minimum absolute atomic E-state index is 0.0742. The van der Waals surface area contributed by atoms with Gasteiger partial charge in [-0.1, -0.05) is 15.9 Å². The third-order valence-electron chi connectivity index (χ3n) is 2.61. The van der Waals surface area contributed by atoms with Crippen molar-refractivity contribution in [1.82, 2.24) is 25.5 Å². The molecule has 9 heteroatoms. The van der Waals surface area contributed by atoms with Gasteiger partial charge >= 0.3 is 5.97 Å². The van der Waals surface area contributed by atoms with Crippen LogP contribution in [0.1, 0.15) is 18.7 Å². The van der Waals surface area contributed by atoms with E-state index in [4.69, 9.17) is 5.11 Å². The quantitative estimate of drug-likeness (QED) is 0.798. The number of carboxylic acid groups (broad SMARTS) is 1. The zero-order chi connectivity index (χ0) is 15.2. The van der Waals surface area contributed by atoms with Crippen molar-refractivity contribution < 1.29 is 14.7 Å². The summed E-state index contributed by atoms with van der Waals surface area (Å²) in [6.45, 7) is 0.127. The lowest BCUT2D eigenvalue weighted by Gasteiger charge is -2.06. The van der Waals surface area contributed by atoms with Crippen LogP contribution < -0.4 is 5.32 Å². The Bertz CT molecular complexity index is 641. The number of nitrogens with one attached hydrogen (secondary N) is 1. The van der Waals surface area contributed by atoms with Gasteiger partial charge in [-0.3, -0.25) is 9.59 Å². The standard InChI is InChI=1S/C12H12BrN5O3/c13-8-1-3-9(4-2-8)18-10(15-16-17-18)7-14-11(19)5-6-12(20)21/h1-4H,5-7H2,(H,14,19)(H,20,21). The number of hydrogen-bond acceptors (Lipinski definition) is 5. The van der Waals surface area contributed by atoms with Crippen LogP contribution in [0.25, 0.3) is 5.69 Å². The smallest absolute Gasteiger partial charge is 0.303 e. The van der Waals surface area contributed by atoms with Gasteiger partial charge in [0.05, 0.1) is 18.7 Å². The van der Waals surface area contributed by atoms with Gasteiger partial charge in [-0.15, -0.1) is 5.10 Å². The van der Waals surface area contributed by atoms with Crippen LogP contribution in [0.5, 0.6) is 0 Å². The number of amides is 1. The SMILES string of the molecule is O=C(O)CCC(=O)NCc1nnnn1-c1ccc(Br)cc1. The maximum Gasteiger partial charge on any atom is 0.303 e. The van der Waals surface area contributed by atoms with E-state index in [1.807, 2.05) is 24.3 Å². The number of carboxylic acids is 1. The van der Waals surface area contributed by atoms with Gasteiger partial charge in [0.2, 0.25) is 5.91 Å². The van der Waals surface area contributed by atoms with Crippen molar-refractivity contribution in [3.63, 3.8) is 0 Å². The van der Waals surface area contributed by atoms with Gasteiger partial charge in [-0.2, -0.15) is 4.68 Å². The number of tetrazole rings is 1. The maximum atomic E-state index is 11.5. The van der Waals surface area contributed by atoms with Crippen molar-refractivity contribution in [3.8, 4) is 5.69 Å². The Morgan fingerprint density at radius 3 is 2.62 bits per heavy atom. The summed E-state index contributed by atoms with van der Waals surface area (Å²) in [7, 11) is 0. The van der Waals surface area contributed by atoms with Crippen molar-refractivity contribution in [1.29, 1.82) is 0 Å². The molecule has 2 N–H and O–H groups in total. The molecule has 1 heterocycles. The van der Waals surface area contributed by atoms with Gasteiger partial charge in [0, 0.05) is 10.9 Å². The number of benzene rings is 1. The fraction of sp³-hybridized carbons (Fsp3) is 0.250. The fourth-order valence-electron chi connectivity index (χ4n) is 1.59. The second kappa shape index (κ2) is 6.93. The molecule has 0 aliphatic rings. The molecule has 0 unspecified atom stereocenters. The minimum Gasteiger partial charge on any atom is -0.481 e. The Labute approximate surface area is 128 Å². The topological polar surface area (TPSA) is 110 Å². The Morgan fingerprint density at radius 2 is 1.95 bits per heavy atom. The summed E-state index contributed by atoms with van der Waals surface area (Å²) < 4.78 is 2.44. The summed E-state index contributed by atoms with van der Waals surface area (Å²) in [6.07, 6.45) is -0.279. The number of aromatic nitrogens is 4. The Hall–Kier alpha value is -2.29. The van der Waals surface area contributed by atoms with Gasteiger partial charge in [0.15, 0.2) is 5.82 Å². The first-order chi connectivity index (χ1) is 10.1. The average molecular weight is 354 g/mol. The van der Waals surface area contributed by atoms with E-state index < -0.39 is 5.97 Å². The molecule has 0 bridgehead atoms. The highest BCUT2D eigenvalue weighted by Crippen LogP contribution is 2.13. The zero-order valence-corrected chi connectivity index (χ0v) is 12.4. The molecule has 0 aliphatic carbocycles. The van der Waals surface area contributed by atoms with Gasteiger partial charge in [-0.05, 0) is 34.7 Å². The second-order valence-electron chi connectivity index (χ2n) is 4.15. The number of rotatable bonds is 6. The highest BCUT2D eigenvalue weighted by molar-refractivity contribution is 9.10. The van der Waals surface area contributed by atoms with Crippen LogP contribution in [-0.4, -0.2) is 37.2 Å². The predicted octanol–water partition coefficient (Wildman–Crippen LogP) is 0.906. The number of carbonyl (C=O) groups excluding carboxylic acids is 1. The van der Waals surface area contributed by atoms with E-state index >= 15 is 0 Å². The van der Waals surface area contributed by atoms with Gasteiger partial charge in [-0.25, -0.2) is 0 Å². The molecule has 1 aromatic heterocycles. The maximum absolute atomic E-state index is 11.5. The van der Waals surface area contributed by atoms with Gasteiger partial charge < -0.3 is 10.4 Å². The van der Waals surface area contributed by atoms with Gasteiger partial charge in [0.25, 0.3) is 0 Å². The van der Waals surface area contributed by atoms with Gasteiger partial charge in [0.1, 0.15) is 0 Å². The summed E-state index contributed by atoms with van der Waals surface area (Å²) in [5.74, 6) is -0.909. The summed E-state index contributed by atoms with van der Waals surface area (Å²) in [6, 6.07) is 7.37. The average Bonchev–Trinajstić information content (AvgIpc) is 2.92. The molecule has 0 atom stereocenters. The molecule has 0 spiro atoms. The van der Waals surface area contributed by atoms with E-state index in [0.29, 0.717) is 5.82 Å². The van der Waals surface area contributed by atoms with Crippen LogP contribution in [-0.2, 0) is 16.1 Å². The Kier molecular flexibility index (Phi) is 4.99. The highest BCUT2D eigenvalue weighted by Gasteiger charge is 2.10. The van der Waals surface area contributed by atoms with E-state index in [0.717, 1.165) is 10.2 Å². The lowest BCUT2D eigenvalue weighted by molar-refractivity contribution is -0.138. The molecule has 2 aromatic rings. The van der Waals surface area contributed by atoms with Crippen LogP contribution in [0.2, 0.25) is 0 Å². The lowest BCUT2D eigenvalue weighted by Crippen LogP contribution is -2.25. The van der Waals surface area contributed by atoms with Crippen LogP contribution in [0.4, 0.5) is 0 Å². The van der Waals surface area contributed by atoms with Crippen LogP contribution in [0.15, 0.2) is 28.7 Å². The molecule has 1 aromatic carbocycles. The highest BCUT2D eigenvalue weighted by atomic mass is 79.9. The molecule has 0 saturated carbocycles. The number of hydrogen-bond donors (Lipinski definition) is 2. The number of nitrogens with zero attached hydrogens (tertiary/aromatic N) is 4. The van der Waals surface area contributed by atoms with Crippen molar-refractivity contribution in [2.24, 2.45) is 0 Å². The van der Waals surface area contributed by atoms with Crippen molar-refractivity contribution in [2.45, 2.75) is 19.4 Å². The van der Waals surface area contributed by atoms with Crippen LogP contribution in [0.3, 0.4) is 0 Å². The van der Waals surface area contributed by atoms with Crippen LogP contribution >= 0.6 is 15.9 Å². The first kappa shape index (κ1) is 15.1. The Morgan fingerprint density at radius 1 is 1.24 bits per heavy atom. The van der Waals surface area contributed by atoms with E-state index in [1.165, 1.54) is 4.68 Å². The first-order valence-electron chi connectivity index (χ1n) is 6.08. The van der Waals surface area contributed by atoms with Crippen LogP contribution in [0, 0.1) is 0 Å². The zero-order valence-electron chi connectivity index (χ0n) is 10.9. The number of aliphatic carboxylic acids is 1. The monoisotopic (exact) mass is 353 g/mol. The molecule has 0 fully saturated rings. The molecule has 8 nitrogen and oxygen atoms in total. The summed E-state index contributed by atoms with van der Waals surface area (Å²) in [5, 5.41) is 22.4. The molecule has 21 heavy (non-hydrogen) atoms. The third-order valence-corrected chi connectivity index (χ3v) is 3.14. The summed E-state index contributed by atoms with van der Waals surface area (Å²) >= 11 is 3.34. The minimum atomic E-state index is -1.01. The van der Waals surface area contributed by atoms with Crippen molar-refractivity contribution in [2.75, 3.05) is 0 Å². The Balaban J connectivity index is 1.99. The first-order valence-corrected chi connectivity index (χ1v) is 6.87.